The molecule has 1 aromatic carbocycles. The average Bonchev–Trinajstić information content (AvgIpc) is 2.90. The van der Waals surface area contributed by atoms with Crippen molar-refractivity contribution in [2.45, 2.75) is 31.3 Å². The lowest BCUT2D eigenvalue weighted by molar-refractivity contribution is 0.0609. The Balaban J connectivity index is 2.49. The van der Waals surface area contributed by atoms with Crippen LogP contribution in [0.25, 0.3) is 0 Å². The topological polar surface area (TPSA) is 76.6 Å². The number of nitrogens with zero attached hydrogens (tertiary/aromatic N) is 2. The van der Waals surface area contributed by atoms with Gasteiger partial charge in [-0.15, -0.1) is 15.6 Å². The summed E-state index contributed by atoms with van der Waals surface area (Å²) in [5.74, 6) is 0. The minimum absolute atomic E-state index is 0.0261. The monoisotopic (exact) mass is 418 g/mol. The highest BCUT2D eigenvalue weighted by molar-refractivity contribution is 9.10. The summed E-state index contributed by atoms with van der Waals surface area (Å²) in [4.78, 5) is 16.3. The van der Waals surface area contributed by atoms with Crippen LogP contribution in [0.5, 0.6) is 0 Å². The van der Waals surface area contributed by atoms with Gasteiger partial charge in [0.25, 0.3) is 10.0 Å². The molecule has 0 saturated carbocycles. The van der Waals surface area contributed by atoms with Gasteiger partial charge in [-0.25, -0.2) is 18.2 Å². The maximum absolute atomic E-state index is 12.8. The number of amides is 1. The first-order valence-corrected chi connectivity index (χ1v) is 9.66. The molecular weight excluding hydrogens is 404 g/mol. The van der Waals surface area contributed by atoms with Gasteiger partial charge in [-0.05, 0) is 45.0 Å². The summed E-state index contributed by atoms with van der Waals surface area (Å²) >= 11 is 4.28. The third-order valence-electron chi connectivity index (χ3n) is 2.50. The minimum atomic E-state index is -4.13. The molecule has 2 rings (SSSR count). The van der Waals surface area contributed by atoms with E-state index in [1.807, 2.05) is 0 Å². The molecular formula is C14H15BrN2O4S2. The van der Waals surface area contributed by atoms with E-state index in [4.69, 9.17) is 4.74 Å². The van der Waals surface area contributed by atoms with Crippen LogP contribution in [-0.2, 0) is 14.8 Å². The number of carbonyl (C=O) groups is 1. The number of halogens is 1. The molecule has 23 heavy (non-hydrogen) atoms. The Kier molecular flexibility index (Phi) is 5.12. The highest BCUT2D eigenvalue weighted by Gasteiger charge is 2.36. The molecule has 6 nitrogen and oxygen atoms in total. The lowest BCUT2D eigenvalue weighted by Crippen LogP contribution is -2.41. The number of hydrogen-bond acceptors (Lipinski definition) is 6. The summed E-state index contributed by atoms with van der Waals surface area (Å²) < 4.78 is 32.2. The van der Waals surface area contributed by atoms with Crippen molar-refractivity contribution in [2.75, 3.05) is 4.31 Å². The van der Waals surface area contributed by atoms with Gasteiger partial charge in [0, 0.05) is 16.0 Å². The van der Waals surface area contributed by atoms with Gasteiger partial charge in [-0.3, -0.25) is 0 Å². The molecule has 0 atom stereocenters. The van der Waals surface area contributed by atoms with Gasteiger partial charge in [0.05, 0.1) is 4.90 Å². The van der Waals surface area contributed by atoms with Gasteiger partial charge in [-0.1, -0.05) is 15.9 Å². The molecule has 2 aromatic rings. The van der Waals surface area contributed by atoms with Gasteiger partial charge in [0.2, 0.25) is 5.13 Å². The van der Waals surface area contributed by atoms with Crippen LogP contribution in [0.3, 0.4) is 0 Å². The molecule has 0 bridgehead atoms. The first kappa shape index (κ1) is 17.9. The number of hydrogen-bond donors (Lipinski definition) is 0. The summed E-state index contributed by atoms with van der Waals surface area (Å²) in [6.45, 7) is 4.99. The number of rotatable bonds is 3. The Bertz CT molecular complexity index is 781. The van der Waals surface area contributed by atoms with E-state index in [0.29, 0.717) is 4.31 Å². The van der Waals surface area contributed by atoms with Crippen LogP contribution in [0.4, 0.5) is 9.93 Å². The molecule has 0 saturated heterocycles. The zero-order valence-corrected chi connectivity index (χ0v) is 15.9. The zero-order valence-electron chi connectivity index (χ0n) is 12.7. The van der Waals surface area contributed by atoms with Crippen molar-refractivity contribution < 1.29 is 17.9 Å². The second-order valence-electron chi connectivity index (χ2n) is 5.52. The number of ether oxygens (including phenoxy) is 1. The highest BCUT2D eigenvalue weighted by atomic mass is 79.9. The molecule has 0 spiro atoms. The fourth-order valence-corrected chi connectivity index (χ4v) is 4.01. The number of benzene rings is 1. The van der Waals surface area contributed by atoms with E-state index in [1.54, 1.807) is 38.3 Å². The Morgan fingerprint density at radius 2 is 1.87 bits per heavy atom. The van der Waals surface area contributed by atoms with Crippen molar-refractivity contribution in [2.24, 2.45) is 0 Å². The van der Waals surface area contributed by atoms with Crippen LogP contribution in [0.15, 0.2) is 45.2 Å². The third kappa shape index (κ3) is 4.30. The molecule has 0 aliphatic heterocycles. The van der Waals surface area contributed by atoms with Crippen molar-refractivity contribution in [1.29, 1.82) is 0 Å². The molecule has 0 aliphatic carbocycles. The lowest BCUT2D eigenvalue weighted by Gasteiger charge is -2.25. The fraction of sp³-hybridized carbons (Fsp3) is 0.286. The SMILES string of the molecule is CC(C)(C)OC(=O)N(c1nccs1)S(=O)(=O)c1ccc(Br)cc1. The van der Waals surface area contributed by atoms with E-state index < -0.39 is 21.7 Å². The van der Waals surface area contributed by atoms with Crippen molar-refractivity contribution in [1.82, 2.24) is 4.98 Å². The Hall–Kier alpha value is -1.45. The van der Waals surface area contributed by atoms with Gasteiger partial charge in [0.15, 0.2) is 0 Å². The predicted octanol–water partition coefficient (Wildman–Crippen LogP) is 4.04. The van der Waals surface area contributed by atoms with Gasteiger partial charge in [-0.2, -0.15) is 0 Å². The number of thiazole rings is 1. The van der Waals surface area contributed by atoms with Crippen LogP contribution in [-0.4, -0.2) is 25.1 Å². The third-order valence-corrected chi connectivity index (χ3v) is 5.58. The Morgan fingerprint density at radius 1 is 1.26 bits per heavy atom. The lowest BCUT2D eigenvalue weighted by atomic mass is 10.2. The summed E-state index contributed by atoms with van der Waals surface area (Å²) in [6, 6.07) is 5.98. The molecule has 0 unspecified atom stereocenters. The van der Waals surface area contributed by atoms with Crippen LogP contribution >= 0.6 is 27.3 Å². The average molecular weight is 419 g/mol. The van der Waals surface area contributed by atoms with E-state index in [-0.39, 0.29) is 10.0 Å². The number of sulfonamides is 1. The largest absolute Gasteiger partial charge is 0.443 e. The van der Waals surface area contributed by atoms with E-state index in [9.17, 15) is 13.2 Å². The molecule has 9 heteroatoms. The van der Waals surface area contributed by atoms with Crippen LogP contribution < -0.4 is 4.31 Å². The van der Waals surface area contributed by atoms with E-state index in [2.05, 4.69) is 20.9 Å². The van der Waals surface area contributed by atoms with E-state index >= 15 is 0 Å². The second-order valence-corrected chi connectivity index (χ2v) is 9.09. The molecule has 0 aliphatic rings. The summed E-state index contributed by atoms with van der Waals surface area (Å²) in [5, 5.41) is 1.62. The standard InChI is InChI=1S/C14H15BrN2O4S2/c1-14(2,3)21-13(18)17(12-16-8-9-22-12)23(19,20)11-6-4-10(15)5-7-11/h4-9H,1-3H3. The molecule has 0 fully saturated rings. The first-order valence-electron chi connectivity index (χ1n) is 6.54. The summed E-state index contributed by atoms with van der Waals surface area (Å²) in [5.41, 5.74) is -0.832. The highest BCUT2D eigenvalue weighted by Crippen LogP contribution is 2.28. The van der Waals surface area contributed by atoms with Crippen molar-refractivity contribution in [3.8, 4) is 0 Å². The molecule has 0 radical (unpaired) electrons. The van der Waals surface area contributed by atoms with Crippen LogP contribution in [0.2, 0.25) is 0 Å². The fourth-order valence-electron chi connectivity index (χ4n) is 1.61. The first-order chi connectivity index (χ1) is 10.6. The predicted molar refractivity (Wildman–Crippen MR) is 92.2 cm³/mol. The summed E-state index contributed by atoms with van der Waals surface area (Å²) in [6.07, 6.45) is 0.435. The van der Waals surface area contributed by atoms with Gasteiger partial charge in [0.1, 0.15) is 5.60 Å². The van der Waals surface area contributed by atoms with Crippen LogP contribution in [0, 0.1) is 0 Å². The van der Waals surface area contributed by atoms with Gasteiger partial charge >= 0.3 is 6.09 Å². The number of anilines is 1. The van der Waals surface area contributed by atoms with E-state index in [1.165, 1.54) is 18.3 Å². The van der Waals surface area contributed by atoms with E-state index in [0.717, 1.165) is 15.8 Å². The molecule has 1 heterocycles. The maximum atomic E-state index is 12.8. The normalized spacial score (nSPS) is 12.0. The number of carbonyl (C=O) groups excluding carboxylic acids is 1. The van der Waals surface area contributed by atoms with Crippen molar-refractivity contribution in [3.05, 3.63) is 40.3 Å². The quantitative estimate of drug-likeness (QED) is 0.751. The maximum Gasteiger partial charge on any atom is 0.431 e. The Morgan fingerprint density at radius 3 is 2.35 bits per heavy atom. The second kappa shape index (κ2) is 6.58. The summed E-state index contributed by atoms with van der Waals surface area (Å²) in [7, 11) is -4.13. The minimum Gasteiger partial charge on any atom is -0.443 e. The van der Waals surface area contributed by atoms with Crippen molar-refractivity contribution in [3.63, 3.8) is 0 Å². The smallest absolute Gasteiger partial charge is 0.431 e. The number of aromatic nitrogens is 1. The zero-order chi connectivity index (χ0) is 17.3. The molecule has 0 N–H and O–H groups in total. The van der Waals surface area contributed by atoms with Crippen LogP contribution in [0.1, 0.15) is 20.8 Å². The molecule has 124 valence electrons. The molecule has 1 aromatic heterocycles. The molecule has 1 amide bonds. The Labute approximate surface area is 147 Å². The van der Waals surface area contributed by atoms with Crippen molar-refractivity contribution >= 4 is 48.5 Å². The van der Waals surface area contributed by atoms with Gasteiger partial charge < -0.3 is 4.74 Å².